The van der Waals surface area contributed by atoms with Gasteiger partial charge in [-0.25, -0.2) is 0 Å². The second kappa shape index (κ2) is 6.70. The Morgan fingerprint density at radius 3 is 2.28 bits per heavy atom. The topological polar surface area (TPSA) is 18.5 Å². The largest absolute Gasteiger partial charge is 0.493 e. The summed E-state index contributed by atoms with van der Waals surface area (Å²) in [6, 6.07) is 17.9. The fraction of sp³-hybridized carbons (Fsp3) is 0.188. The Hall–Kier alpha value is -1.96. The maximum absolute atomic E-state index is 5.70. The van der Waals surface area contributed by atoms with Crippen molar-refractivity contribution in [3.63, 3.8) is 0 Å². The average molecular weight is 241 g/mol. The molecule has 0 aliphatic carbocycles. The molecule has 0 N–H and O–H groups in total. The van der Waals surface area contributed by atoms with E-state index in [0.717, 1.165) is 17.9 Å². The van der Waals surface area contributed by atoms with E-state index < -0.39 is 0 Å². The van der Waals surface area contributed by atoms with Gasteiger partial charge in [-0.05, 0) is 24.6 Å². The van der Waals surface area contributed by atoms with Crippen LogP contribution in [0.3, 0.4) is 0 Å². The van der Waals surface area contributed by atoms with Crippen molar-refractivity contribution in [2.75, 3.05) is 13.2 Å². The number of benzene rings is 2. The Kier molecular flexibility index (Phi) is 4.65. The van der Waals surface area contributed by atoms with Gasteiger partial charge in [-0.3, -0.25) is 0 Å². The minimum Gasteiger partial charge on any atom is -0.493 e. The third kappa shape index (κ3) is 3.81. The van der Waals surface area contributed by atoms with Gasteiger partial charge in [0.1, 0.15) is 11.5 Å². The molecule has 0 unspecified atom stereocenters. The third-order valence-electron chi connectivity index (χ3n) is 2.58. The van der Waals surface area contributed by atoms with Crippen LogP contribution in [0.1, 0.15) is 5.56 Å². The molecule has 0 aliphatic heterocycles. The van der Waals surface area contributed by atoms with Gasteiger partial charge in [-0.1, -0.05) is 36.4 Å². The van der Waals surface area contributed by atoms with Crippen molar-refractivity contribution in [2.24, 2.45) is 0 Å². The van der Waals surface area contributed by atoms with Gasteiger partial charge in [-0.15, -0.1) is 0 Å². The summed E-state index contributed by atoms with van der Waals surface area (Å²) < 4.78 is 11.0. The van der Waals surface area contributed by atoms with Crippen LogP contribution in [0.2, 0.25) is 0 Å². The molecule has 0 aliphatic rings. The quantitative estimate of drug-likeness (QED) is 0.770. The summed E-state index contributed by atoms with van der Waals surface area (Å²) in [7, 11) is 0. The van der Waals surface area contributed by atoms with Gasteiger partial charge in [0.25, 0.3) is 0 Å². The summed E-state index contributed by atoms with van der Waals surface area (Å²) in [6.45, 7) is 4.74. The zero-order chi connectivity index (χ0) is 12.6. The standard InChI is InChI=1S/C16H17O2/c1-2-17-15-9-6-10-16(13-15)18-12-11-14-7-4-3-5-8-14/h3-10,13H,1-2,11-12H2. The second-order valence-electron chi connectivity index (χ2n) is 3.91. The van der Waals surface area contributed by atoms with Crippen LogP contribution in [-0.2, 0) is 6.42 Å². The Balaban J connectivity index is 1.84. The lowest BCUT2D eigenvalue weighted by Gasteiger charge is -2.08. The lowest BCUT2D eigenvalue weighted by Crippen LogP contribution is -2.01. The van der Waals surface area contributed by atoms with Crippen molar-refractivity contribution < 1.29 is 9.47 Å². The first-order chi connectivity index (χ1) is 8.88. The van der Waals surface area contributed by atoms with Crippen LogP contribution in [0.4, 0.5) is 0 Å². The van der Waals surface area contributed by atoms with Crippen molar-refractivity contribution in [3.8, 4) is 11.5 Å². The highest BCUT2D eigenvalue weighted by Crippen LogP contribution is 2.19. The summed E-state index contributed by atoms with van der Waals surface area (Å²) in [5.41, 5.74) is 1.28. The molecule has 0 saturated heterocycles. The molecule has 0 saturated carbocycles. The SMILES string of the molecule is [CH2]COc1cccc(OCCc2ccccc2)c1. The summed E-state index contributed by atoms with van der Waals surface area (Å²) in [5.74, 6) is 1.62. The molecule has 0 amide bonds. The van der Waals surface area contributed by atoms with Crippen molar-refractivity contribution >= 4 is 0 Å². The fourth-order valence-electron chi connectivity index (χ4n) is 1.70. The summed E-state index contributed by atoms with van der Waals surface area (Å²) in [5, 5.41) is 0. The highest BCUT2D eigenvalue weighted by atomic mass is 16.5. The van der Waals surface area contributed by atoms with Crippen LogP contribution in [0.5, 0.6) is 11.5 Å². The predicted molar refractivity (Wildman–Crippen MR) is 72.9 cm³/mol. The smallest absolute Gasteiger partial charge is 0.122 e. The number of hydrogen-bond acceptors (Lipinski definition) is 2. The van der Waals surface area contributed by atoms with Crippen molar-refractivity contribution in [1.82, 2.24) is 0 Å². The molecule has 0 atom stereocenters. The van der Waals surface area contributed by atoms with E-state index in [1.165, 1.54) is 5.56 Å². The molecule has 2 rings (SSSR count). The van der Waals surface area contributed by atoms with Gasteiger partial charge in [-0.2, -0.15) is 0 Å². The molecule has 0 bridgehead atoms. The van der Waals surface area contributed by atoms with E-state index in [1.807, 2.05) is 42.5 Å². The molecule has 0 aromatic heterocycles. The minimum atomic E-state index is 0.424. The highest BCUT2D eigenvalue weighted by Gasteiger charge is 1.98. The molecular weight excluding hydrogens is 224 g/mol. The van der Waals surface area contributed by atoms with Crippen molar-refractivity contribution in [1.29, 1.82) is 0 Å². The first-order valence-corrected chi connectivity index (χ1v) is 6.07. The molecule has 18 heavy (non-hydrogen) atoms. The number of hydrogen-bond donors (Lipinski definition) is 0. The van der Waals surface area contributed by atoms with Gasteiger partial charge < -0.3 is 9.47 Å². The van der Waals surface area contributed by atoms with E-state index >= 15 is 0 Å². The van der Waals surface area contributed by atoms with Gasteiger partial charge in [0.2, 0.25) is 0 Å². The molecular formula is C16H17O2. The Bertz CT molecular complexity index is 466. The van der Waals surface area contributed by atoms with Crippen LogP contribution >= 0.6 is 0 Å². The van der Waals surface area contributed by atoms with E-state index in [-0.39, 0.29) is 0 Å². The van der Waals surface area contributed by atoms with Crippen LogP contribution in [-0.4, -0.2) is 13.2 Å². The maximum Gasteiger partial charge on any atom is 0.122 e. The Labute approximate surface area is 108 Å². The Morgan fingerprint density at radius 1 is 0.833 bits per heavy atom. The predicted octanol–water partition coefficient (Wildman–Crippen LogP) is 3.52. The molecule has 2 aromatic rings. The van der Waals surface area contributed by atoms with Gasteiger partial charge in [0, 0.05) is 12.5 Å². The third-order valence-corrected chi connectivity index (χ3v) is 2.58. The molecule has 0 fully saturated rings. The van der Waals surface area contributed by atoms with Crippen LogP contribution in [0.15, 0.2) is 54.6 Å². The first-order valence-electron chi connectivity index (χ1n) is 6.07. The molecule has 2 heteroatoms. The fourth-order valence-corrected chi connectivity index (χ4v) is 1.70. The van der Waals surface area contributed by atoms with Crippen LogP contribution in [0.25, 0.3) is 0 Å². The zero-order valence-corrected chi connectivity index (χ0v) is 10.3. The first kappa shape index (κ1) is 12.5. The lowest BCUT2D eigenvalue weighted by atomic mass is 10.2. The molecule has 93 valence electrons. The lowest BCUT2D eigenvalue weighted by molar-refractivity contribution is 0.316. The van der Waals surface area contributed by atoms with Crippen molar-refractivity contribution in [2.45, 2.75) is 6.42 Å². The highest BCUT2D eigenvalue weighted by molar-refractivity contribution is 5.33. The maximum atomic E-state index is 5.70. The molecule has 2 aromatic carbocycles. The summed E-state index contributed by atoms with van der Waals surface area (Å²) >= 11 is 0. The number of rotatable bonds is 6. The van der Waals surface area contributed by atoms with Gasteiger partial charge in [0.15, 0.2) is 0 Å². The Morgan fingerprint density at radius 2 is 1.56 bits per heavy atom. The van der Waals surface area contributed by atoms with Crippen LogP contribution in [0, 0.1) is 6.92 Å². The zero-order valence-electron chi connectivity index (χ0n) is 10.3. The molecule has 1 radical (unpaired) electrons. The second-order valence-corrected chi connectivity index (χ2v) is 3.91. The molecule has 2 nitrogen and oxygen atoms in total. The summed E-state index contributed by atoms with van der Waals surface area (Å²) in [6.07, 6.45) is 0.904. The van der Waals surface area contributed by atoms with E-state index in [0.29, 0.717) is 13.2 Å². The van der Waals surface area contributed by atoms with Crippen LogP contribution < -0.4 is 9.47 Å². The summed E-state index contributed by atoms with van der Waals surface area (Å²) in [4.78, 5) is 0. The minimum absolute atomic E-state index is 0.424. The van der Waals surface area contributed by atoms with E-state index in [4.69, 9.17) is 9.47 Å². The molecule has 0 heterocycles. The number of ether oxygens (including phenoxy) is 2. The van der Waals surface area contributed by atoms with E-state index in [9.17, 15) is 0 Å². The monoisotopic (exact) mass is 241 g/mol. The van der Waals surface area contributed by atoms with E-state index in [1.54, 1.807) is 0 Å². The average Bonchev–Trinajstić information content (AvgIpc) is 2.41. The van der Waals surface area contributed by atoms with Gasteiger partial charge >= 0.3 is 0 Å². The van der Waals surface area contributed by atoms with Crippen molar-refractivity contribution in [3.05, 3.63) is 67.1 Å². The van der Waals surface area contributed by atoms with Gasteiger partial charge in [0.05, 0.1) is 13.2 Å². The van der Waals surface area contributed by atoms with E-state index in [2.05, 4.69) is 19.1 Å². The normalized spacial score (nSPS) is 10.1. The molecule has 0 spiro atoms.